The second-order valence-electron chi connectivity index (χ2n) is 4.76. The normalized spacial score (nSPS) is 36.2. The third-order valence-electron chi connectivity index (χ3n) is 3.32. The fourth-order valence-corrected chi connectivity index (χ4v) is 3.40. The van der Waals surface area contributed by atoms with E-state index in [-0.39, 0.29) is 6.54 Å². The summed E-state index contributed by atoms with van der Waals surface area (Å²) in [5.74, 6) is 0.998. The maximum atomic E-state index is 11.9. The van der Waals surface area contributed by atoms with Crippen molar-refractivity contribution >= 4 is 17.0 Å². The molecular weight excluding hydrogens is 228 g/mol. The Balaban J connectivity index is 1.78. The second-order valence-corrected chi connectivity index (χ2v) is 6.18. The van der Waals surface area contributed by atoms with Crippen molar-refractivity contribution in [1.29, 1.82) is 0 Å². The summed E-state index contributed by atoms with van der Waals surface area (Å²) in [6.07, 6.45) is 1.24. The zero-order chi connectivity index (χ0) is 11.7. The number of hydrogen-bond donors (Lipinski definition) is 1. The molecule has 1 saturated carbocycles. The van der Waals surface area contributed by atoms with Crippen LogP contribution in [0.25, 0.3) is 0 Å². The van der Waals surface area contributed by atoms with Crippen molar-refractivity contribution < 1.29 is 14.1 Å². The molecular formula is C10H18N2O3S. The SMILES string of the molecule is CC1CC1CN1CCN(CC(=O)O)CS1=O. The molecule has 1 aliphatic carbocycles. The Hall–Kier alpha value is -0.460. The lowest BCUT2D eigenvalue weighted by atomic mass is 10.3. The van der Waals surface area contributed by atoms with Gasteiger partial charge in [0.05, 0.1) is 12.4 Å². The Morgan fingerprint density at radius 1 is 1.50 bits per heavy atom. The predicted molar refractivity (Wildman–Crippen MR) is 61.1 cm³/mol. The van der Waals surface area contributed by atoms with Crippen molar-refractivity contribution in [1.82, 2.24) is 9.21 Å². The quantitative estimate of drug-likeness (QED) is 0.756. The molecule has 0 aromatic carbocycles. The molecule has 3 atom stereocenters. The van der Waals surface area contributed by atoms with Gasteiger partial charge in [-0.3, -0.25) is 9.69 Å². The fourth-order valence-electron chi connectivity index (χ4n) is 2.06. The molecule has 5 nitrogen and oxygen atoms in total. The average Bonchev–Trinajstić information content (AvgIpc) is 2.86. The van der Waals surface area contributed by atoms with Gasteiger partial charge in [-0.05, 0) is 18.3 Å². The number of carbonyl (C=O) groups is 1. The lowest BCUT2D eigenvalue weighted by Crippen LogP contribution is -2.48. The van der Waals surface area contributed by atoms with Crippen LogP contribution in [-0.2, 0) is 15.8 Å². The summed E-state index contributed by atoms with van der Waals surface area (Å²) >= 11 is 0. The van der Waals surface area contributed by atoms with Crippen LogP contribution in [0, 0.1) is 11.8 Å². The molecule has 0 spiro atoms. The molecule has 0 amide bonds. The molecule has 0 aromatic heterocycles. The lowest BCUT2D eigenvalue weighted by molar-refractivity contribution is -0.138. The van der Waals surface area contributed by atoms with E-state index < -0.39 is 17.0 Å². The highest BCUT2D eigenvalue weighted by Crippen LogP contribution is 2.38. The minimum atomic E-state index is -1.02. The molecule has 1 saturated heterocycles. The van der Waals surface area contributed by atoms with E-state index in [0.717, 1.165) is 19.0 Å². The lowest BCUT2D eigenvalue weighted by Gasteiger charge is -2.32. The third-order valence-corrected chi connectivity index (χ3v) is 4.81. The Morgan fingerprint density at radius 3 is 2.69 bits per heavy atom. The van der Waals surface area contributed by atoms with Crippen LogP contribution in [0.5, 0.6) is 0 Å². The van der Waals surface area contributed by atoms with E-state index in [9.17, 15) is 9.00 Å². The largest absolute Gasteiger partial charge is 0.480 e. The van der Waals surface area contributed by atoms with E-state index in [1.165, 1.54) is 6.42 Å². The molecule has 6 heteroatoms. The number of hydrogen-bond acceptors (Lipinski definition) is 3. The van der Waals surface area contributed by atoms with Gasteiger partial charge in [0.25, 0.3) is 0 Å². The highest BCUT2D eigenvalue weighted by atomic mass is 32.2. The first-order chi connectivity index (χ1) is 7.56. The molecule has 3 unspecified atom stereocenters. The molecule has 1 heterocycles. The van der Waals surface area contributed by atoms with Crippen molar-refractivity contribution in [2.45, 2.75) is 13.3 Å². The Kier molecular flexibility index (Phi) is 3.61. The summed E-state index contributed by atoms with van der Waals surface area (Å²) in [4.78, 5) is 12.3. The fraction of sp³-hybridized carbons (Fsp3) is 0.900. The van der Waals surface area contributed by atoms with E-state index >= 15 is 0 Å². The zero-order valence-corrected chi connectivity index (χ0v) is 10.3. The topological polar surface area (TPSA) is 60.9 Å². The first kappa shape index (κ1) is 12.0. The van der Waals surface area contributed by atoms with Crippen LogP contribution in [0.15, 0.2) is 0 Å². The van der Waals surface area contributed by atoms with Crippen LogP contribution in [0.1, 0.15) is 13.3 Å². The van der Waals surface area contributed by atoms with Gasteiger partial charge < -0.3 is 5.11 Å². The third kappa shape index (κ3) is 3.02. The molecule has 16 heavy (non-hydrogen) atoms. The summed E-state index contributed by atoms with van der Waals surface area (Å²) in [5.41, 5.74) is 0. The van der Waals surface area contributed by atoms with Crippen molar-refractivity contribution in [3.63, 3.8) is 0 Å². The molecule has 2 fully saturated rings. The molecule has 0 aromatic rings. The number of carboxylic acids is 1. The van der Waals surface area contributed by atoms with Gasteiger partial charge in [-0.2, -0.15) is 0 Å². The van der Waals surface area contributed by atoms with E-state index in [1.807, 2.05) is 4.31 Å². The first-order valence-electron chi connectivity index (χ1n) is 5.64. The van der Waals surface area contributed by atoms with Crippen molar-refractivity contribution in [2.24, 2.45) is 11.8 Å². The molecule has 92 valence electrons. The smallest absolute Gasteiger partial charge is 0.317 e. The van der Waals surface area contributed by atoms with E-state index in [0.29, 0.717) is 18.3 Å². The van der Waals surface area contributed by atoms with Crippen LogP contribution in [0.2, 0.25) is 0 Å². The Bertz CT molecular complexity index is 310. The van der Waals surface area contributed by atoms with E-state index in [4.69, 9.17) is 5.11 Å². The van der Waals surface area contributed by atoms with Crippen molar-refractivity contribution in [2.75, 3.05) is 32.1 Å². The van der Waals surface area contributed by atoms with Crippen molar-refractivity contribution in [3.05, 3.63) is 0 Å². The van der Waals surface area contributed by atoms with Gasteiger partial charge in [0.2, 0.25) is 0 Å². The number of aliphatic carboxylic acids is 1. The van der Waals surface area contributed by atoms with Crippen LogP contribution in [0.3, 0.4) is 0 Å². The molecule has 2 rings (SSSR count). The number of carboxylic acid groups (broad SMARTS) is 1. The van der Waals surface area contributed by atoms with Crippen LogP contribution in [-0.4, -0.2) is 56.5 Å². The van der Waals surface area contributed by atoms with Gasteiger partial charge in [0, 0.05) is 19.6 Å². The van der Waals surface area contributed by atoms with Gasteiger partial charge in [-0.25, -0.2) is 8.51 Å². The number of nitrogens with zero attached hydrogens (tertiary/aromatic N) is 2. The standard InChI is InChI=1S/C10H18N2O3S/c1-8-4-9(8)5-12-3-2-11(6-10(13)14)7-16(12)15/h8-9H,2-7H2,1H3,(H,13,14). The highest BCUT2D eigenvalue weighted by molar-refractivity contribution is 7.82. The molecule has 1 aliphatic heterocycles. The summed E-state index contributed by atoms with van der Waals surface area (Å²) in [6.45, 7) is 4.56. The van der Waals surface area contributed by atoms with Gasteiger partial charge in [-0.15, -0.1) is 0 Å². The maximum absolute atomic E-state index is 11.9. The van der Waals surface area contributed by atoms with Gasteiger partial charge >= 0.3 is 5.97 Å². The van der Waals surface area contributed by atoms with Gasteiger partial charge in [0.15, 0.2) is 0 Å². The molecule has 0 bridgehead atoms. The van der Waals surface area contributed by atoms with Crippen molar-refractivity contribution in [3.8, 4) is 0 Å². The summed E-state index contributed by atoms with van der Waals surface area (Å²) in [6, 6.07) is 0. The van der Waals surface area contributed by atoms with E-state index in [2.05, 4.69) is 6.92 Å². The predicted octanol–water partition coefficient (Wildman–Crippen LogP) is -0.0342. The number of rotatable bonds is 4. The Morgan fingerprint density at radius 2 is 2.19 bits per heavy atom. The maximum Gasteiger partial charge on any atom is 0.317 e. The Labute approximate surface area is 98.0 Å². The zero-order valence-electron chi connectivity index (χ0n) is 9.46. The van der Waals surface area contributed by atoms with Gasteiger partial charge in [0.1, 0.15) is 11.0 Å². The van der Waals surface area contributed by atoms with Crippen LogP contribution < -0.4 is 0 Å². The monoisotopic (exact) mass is 246 g/mol. The summed E-state index contributed by atoms with van der Waals surface area (Å²) in [7, 11) is -1.02. The average molecular weight is 246 g/mol. The first-order valence-corrected chi connectivity index (χ1v) is 6.91. The molecule has 0 radical (unpaired) electrons. The molecule has 1 N–H and O–H groups in total. The van der Waals surface area contributed by atoms with Gasteiger partial charge in [-0.1, -0.05) is 6.92 Å². The summed E-state index contributed by atoms with van der Waals surface area (Å²) in [5, 5.41) is 8.65. The highest BCUT2D eigenvalue weighted by Gasteiger charge is 2.36. The minimum absolute atomic E-state index is 0.000584. The summed E-state index contributed by atoms with van der Waals surface area (Å²) < 4.78 is 13.9. The second kappa shape index (κ2) is 4.81. The minimum Gasteiger partial charge on any atom is -0.480 e. The van der Waals surface area contributed by atoms with Crippen LogP contribution in [0.4, 0.5) is 0 Å². The van der Waals surface area contributed by atoms with E-state index in [1.54, 1.807) is 4.90 Å². The van der Waals surface area contributed by atoms with Crippen LogP contribution >= 0.6 is 0 Å². The molecule has 2 aliphatic rings.